The molecule has 0 bridgehead atoms. The highest BCUT2D eigenvalue weighted by atomic mass is 16.6. The Kier molecular flexibility index (Phi) is 5.02. The van der Waals surface area contributed by atoms with E-state index in [9.17, 15) is 19.7 Å². The standard InChI is InChI=1S/C21H21N3O5/c1-2-29-15-10-8-14(9-11-15)17-7-4-12-22(17)13-23-20(25)16-5-3-6-18(24(27)28)19(16)21(23)26/h3,5-6,8-11,17H,2,4,7,12-13H2,1H3/p+1/t17-/m0/s1. The number of quaternary nitrogens is 1. The van der Waals surface area contributed by atoms with Crippen LogP contribution in [0.3, 0.4) is 0 Å². The Hall–Kier alpha value is -3.26. The first-order valence-corrected chi connectivity index (χ1v) is 9.72. The van der Waals surface area contributed by atoms with E-state index >= 15 is 0 Å². The molecule has 2 aromatic carbocycles. The molecular weight excluding hydrogens is 374 g/mol. The molecule has 2 aliphatic rings. The maximum absolute atomic E-state index is 12.9. The van der Waals surface area contributed by atoms with E-state index in [1.54, 1.807) is 0 Å². The fraction of sp³-hybridized carbons (Fsp3) is 0.333. The van der Waals surface area contributed by atoms with Gasteiger partial charge in [-0.1, -0.05) is 6.07 Å². The van der Waals surface area contributed by atoms with Gasteiger partial charge in [-0.2, -0.15) is 0 Å². The van der Waals surface area contributed by atoms with Crippen molar-refractivity contribution in [1.82, 2.24) is 4.90 Å². The summed E-state index contributed by atoms with van der Waals surface area (Å²) in [7, 11) is 0. The van der Waals surface area contributed by atoms with Crippen LogP contribution in [0.2, 0.25) is 0 Å². The van der Waals surface area contributed by atoms with Crippen LogP contribution < -0.4 is 9.64 Å². The largest absolute Gasteiger partial charge is 0.494 e. The van der Waals surface area contributed by atoms with E-state index < -0.39 is 16.7 Å². The number of imide groups is 1. The number of nitrogens with zero attached hydrogens (tertiary/aromatic N) is 2. The van der Waals surface area contributed by atoms with Crippen molar-refractivity contribution in [1.29, 1.82) is 0 Å². The van der Waals surface area contributed by atoms with Gasteiger partial charge in [-0.25, -0.2) is 4.90 Å². The first-order chi connectivity index (χ1) is 14.0. The summed E-state index contributed by atoms with van der Waals surface area (Å²) >= 11 is 0. The Balaban J connectivity index is 1.55. The molecule has 8 nitrogen and oxygen atoms in total. The van der Waals surface area contributed by atoms with Gasteiger partial charge in [0.25, 0.3) is 17.5 Å². The highest BCUT2D eigenvalue weighted by molar-refractivity contribution is 6.23. The summed E-state index contributed by atoms with van der Waals surface area (Å²) in [5, 5.41) is 11.3. The Morgan fingerprint density at radius 2 is 1.93 bits per heavy atom. The van der Waals surface area contributed by atoms with E-state index in [0.717, 1.165) is 40.5 Å². The lowest BCUT2D eigenvalue weighted by molar-refractivity contribution is -0.925. The maximum atomic E-state index is 12.9. The lowest BCUT2D eigenvalue weighted by Crippen LogP contribution is -3.12. The number of nitrogens with one attached hydrogen (secondary N) is 1. The molecule has 1 saturated heterocycles. The fourth-order valence-electron chi connectivity index (χ4n) is 4.28. The van der Waals surface area contributed by atoms with Gasteiger partial charge in [-0.3, -0.25) is 19.7 Å². The van der Waals surface area contributed by atoms with Gasteiger partial charge in [0.2, 0.25) is 0 Å². The van der Waals surface area contributed by atoms with Crippen LogP contribution in [-0.2, 0) is 0 Å². The third-order valence-corrected chi connectivity index (χ3v) is 5.61. The zero-order valence-corrected chi connectivity index (χ0v) is 16.1. The molecule has 1 unspecified atom stereocenters. The number of carbonyl (C=O) groups excluding carboxylic acids is 2. The number of hydrogen-bond donors (Lipinski definition) is 1. The summed E-state index contributed by atoms with van der Waals surface area (Å²) in [5.74, 6) is -0.232. The molecule has 1 fully saturated rings. The number of rotatable bonds is 6. The molecular formula is C21H22N3O5+. The third-order valence-electron chi connectivity index (χ3n) is 5.61. The number of benzene rings is 2. The van der Waals surface area contributed by atoms with Gasteiger partial charge in [0.15, 0.2) is 6.67 Å². The smallest absolute Gasteiger partial charge is 0.282 e. The van der Waals surface area contributed by atoms with E-state index in [0.29, 0.717) is 6.61 Å². The summed E-state index contributed by atoms with van der Waals surface area (Å²) in [6.07, 6.45) is 1.93. The van der Waals surface area contributed by atoms with E-state index in [1.165, 1.54) is 18.2 Å². The van der Waals surface area contributed by atoms with Gasteiger partial charge in [-0.15, -0.1) is 0 Å². The molecule has 0 radical (unpaired) electrons. The Labute approximate surface area is 167 Å². The van der Waals surface area contributed by atoms with Crippen molar-refractivity contribution >= 4 is 17.5 Å². The molecule has 2 amide bonds. The van der Waals surface area contributed by atoms with Gasteiger partial charge >= 0.3 is 0 Å². The van der Waals surface area contributed by atoms with Crippen LogP contribution >= 0.6 is 0 Å². The van der Waals surface area contributed by atoms with Crippen molar-refractivity contribution in [3.8, 4) is 5.75 Å². The fourth-order valence-corrected chi connectivity index (χ4v) is 4.28. The van der Waals surface area contributed by atoms with Gasteiger partial charge < -0.3 is 9.64 Å². The van der Waals surface area contributed by atoms with Gasteiger partial charge in [0.05, 0.1) is 23.6 Å². The molecule has 150 valence electrons. The van der Waals surface area contributed by atoms with Gasteiger partial charge in [0, 0.05) is 24.5 Å². The van der Waals surface area contributed by atoms with Crippen LogP contribution in [0.5, 0.6) is 5.75 Å². The van der Waals surface area contributed by atoms with Crippen LogP contribution in [0.4, 0.5) is 5.69 Å². The minimum Gasteiger partial charge on any atom is -0.494 e. The first-order valence-electron chi connectivity index (χ1n) is 9.72. The van der Waals surface area contributed by atoms with Crippen molar-refractivity contribution in [2.45, 2.75) is 25.8 Å². The van der Waals surface area contributed by atoms with E-state index in [4.69, 9.17) is 4.74 Å². The highest BCUT2D eigenvalue weighted by Gasteiger charge is 2.44. The second kappa shape index (κ2) is 7.63. The zero-order chi connectivity index (χ0) is 20.5. The summed E-state index contributed by atoms with van der Waals surface area (Å²) < 4.78 is 5.49. The normalized spacial score (nSPS) is 20.8. The summed E-state index contributed by atoms with van der Waals surface area (Å²) in [6, 6.07) is 12.2. The van der Waals surface area contributed by atoms with E-state index in [1.807, 2.05) is 31.2 Å². The number of likely N-dealkylation sites (tertiary alicyclic amines) is 1. The molecule has 29 heavy (non-hydrogen) atoms. The molecule has 4 rings (SSSR count). The number of amides is 2. The predicted octanol–water partition coefficient (Wildman–Crippen LogP) is 1.97. The maximum Gasteiger partial charge on any atom is 0.282 e. The topological polar surface area (TPSA) is 94.2 Å². The molecule has 0 spiro atoms. The van der Waals surface area contributed by atoms with Crippen LogP contribution in [0.1, 0.15) is 52.1 Å². The Morgan fingerprint density at radius 1 is 1.17 bits per heavy atom. The molecule has 1 N–H and O–H groups in total. The van der Waals surface area contributed by atoms with Crippen LogP contribution in [0.25, 0.3) is 0 Å². The van der Waals surface area contributed by atoms with Gasteiger partial charge in [-0.05, 0) is 37.3 Å². The average molecular weight is 396 g/mol. The average Bonchev–Trinajstić information content (AvgIpc) is 3.28. The summed E-state index contributed by atoms with van der Waals surface area (Å²) in [5.41, 5.74) is 0.825. The highest BCUT2D eigenvalue weighted by Crippen LogP contribution is 2.30. The lowest BCUT2D eigenvalue weighted by Gasteiger charge is -2.25. The van der Waals surface area contributed by atoms with Crippen LogP contribution in [0.15, 0.2) is 42.5 Å². The lowest BCUT2D eigenvalue weighted by atomic mass is 10.0. The summed E-state index contributed by atoms with van der Waals surface area (Å²) in [4.78, 5) is 38.6. The van der Waals surface area contributed by atoms with Crippen LogP contribution in [0, 0.1) is 10.1 Å². The van der Waals surface area contributed by atoms with Crippen molar-refractivity contribution in [3.63, 3.8) is 0 Å². The van der Waals surface area contributed by atoms with Crippen molar-refractivity contribution in [3.05, 3.63) is 69.3 Å². The second-order valence-corrected chi connectivity index (χ2v) is 7.26. The Bertz CT molecular complexity index is 973. The molecule has 0 aromatic heterocycles. The number of carbonyl (C=O) groups is 2. The minimum atomic E-state index is -0.612. The Morgan fingerprint density at radius 3 is 2.62 bits per heavy atom. The first kappa shape index (κ1) is 19.1. The van der Waals surface area contributed by atoms with Crippen LogP contribution in [-0.4, -0.2) is 41.5 Å². The van der Waals surface area contributed by atoms with Crippen molar-refractivity contribution in [2.24, 2.45) is 0 Å². The second-order valence-electron chi connectivity index (χ2n) is 7.26. The third kappa shape index (κ3) is 3.36. The number of hydrogen-bond acceptors (Lipinski definition) is 5. The molecule has 2 heterocycles. The number of nitro groups is 1. The quantitative estimate of drug-likeness (QED) is 0.458. The SMILES string of the molecule is CCOc1ccc([C@@H]2CCC[NH+]2CN2C(=O)c3cccc([N+](=O)[O-])c3C2=O)cc1. The number of fused-ring (bicyclic) bond motifs is 1. The minimum absolute atomic E-state index is 0.0984. The summed E-state index contributed by atoms with van der Waals surface area (Å²) in [6.45, 7) is 3.56. The number of nitro benzene ring substituents is 1. The predicted molar refractivity (Wildman–Crippen MR) is 104 cm³/mol. The molecule has 2 atom stereocenters. The monoisotopic (exact) mass is 396 g/mol. The van der Waals surface area contributed by atoms with E-state index in [-0.39, 0.29) is 29.5 Å². The van der Waals surface area contributed by atoms with Crippen molar-refractivity contribution in [2.75, 3.05) is 19.8 Å². The molecule has 0 saturated carbocycles. The van der Waals surface area contributed by atoms with Gasteiger partial charge in [0.1, 0.15) is 17.4 Å². The molecule has 2 aliphatic heterocycles. The molecule has 0 aliphatic carbocycles. The zero-order valence-electron chi connectivity index (χ0n) is 16.1. The number of ether oxygens (including phenoxy) is 1. The molecule has 2 aromatic rings. The van der Waals surface area contributed by atoms with Crippen molar-refractivity contribution < 1.29 is 24.1 Å². The molecule has 8 heteroatoms. The van der Waals surface area contributed by atoms with E-state index in [2.05, 4.69) is 0 Å².